The molecule has 0 spiro atoms. The van der Waals surface area contributed by atoms with Crippen molar-refractivity contribution in [2.24, 2.45) is 0 Å². The van der Waals surface area contributed by atoms with E-state index in [1.54, 1.807) is 0 Å². The quantitative estimate of drug-likeness (QED) is 0.777. The van der Waals surface area contributed by atoms with Gasteiger partial charge in [0.2, 0.25) is 11.7 Å². The lowest BCUT2D eigenvalue weighted by molar-refractivity contribution is -0.117. The van der Waals surface area contributed by atoms with Crippen LogP contribution in [0.5, 0.6) is 0 Å². The lowest BCUT2D eigenvalue weighted by atomic mass is 10.1. The molecule has 0 aliphatic carbocycles. The third-order valence-corrected chi connectivity index (χ3v) is 4.03. The maximum atomic E-state index is 12.2. The third kappa shape index (κ3) is 4.09. The number of carbonyl (C=O) groups is 1. The van der Waals surface area contributed by atoms with Gasteiger partial charge in [-0.25, -0.2) is 0 Å². The van der Waals surface area contributed by atoms with Crippen LogP contribution in [0.25, 0.3) is 11.4 Å². The Morgan fingerprint density at radius 2 is 1.88 bits per heavy atom. The van der Waals surface area contributed by atoms with Gasteiger partial charge >= 0.3 is 0 Å². The van der Waals surface area contributed by atoms with Gasteiger partial charge in [-0.1, -0.05) is 43.3 Å². The van der Waals surface area contributed by atoms with E-state index in [9.17, 15) is 4.79 Å². The van der Waals surface area contributed by atoms with E-state index in [1.807, 2.05) is 56.3 Å². The minimum absolute atomic E-state index is 0.0213. The van der Waals surface area contributed by atoms with Gasteiger partial charge in [0.05, 0.1) is 0 Å². The summed E-state index contributed by atoms with van der Waals surface area (Å²) in [6, 6.07) is 14.0. The number of anilines is 1. The molecule has 1 aromatic heterocycles. The van der Waals surface area contributed by atoms with Crippen LogP contribution >= 0.6 is 0 Å². The molecule has 0 atom stereocenters. The molecule has 0 fully saturated rings. The average Bonchev–Trinajstić information content (AvgIpc) is 3.06. The van der Waals surface area contributed by atoms with E-state index in [0.717, 1.165) is 28.8 Å². The van der Waals surface area contributed by atoms with Gasteiger partial charge in [0.1, 0.15) is 6.54 Å². The number of tetrazole rings is 1. The molecule has 0 bridgehead atoms. The molecule has 6 nitrogen and oxygen atoms in total. The molecule has 2 aromatic carbocycles. The first-order valence-electron chi connectivity index (χ1n) is 8.29. The van der Waals surface area contributed by atoms with Crippen LogP contribution in [0.1, 0.15) is 23.6 Å². The average molecular weight is 335 g/mol. The van der Waals surface area contributed by atoms with Crippen LogP contribution in [0.2, 0.25) is 0 Å². The topological polar surface area (TPSA) is 72.7 Å². The number of carbonyl (C=O) groups excluding carboxylic acids is 1. The van der Waals surface area contributed by atoms with Gasteiger partial charge < -0.3 is 5.32 Å². The van der Waals surface area contributed by atoms with Gasteiger partial charge in [0, 0.05) is 11.3 Å². The van der Waals surface area contributed by atoms with Crippen LogP contribution in [0.4, 0.5) is 5.69 Å². The summed E-state index contributed by atoms with van der Waals surface area (Å²) in [5, 5.41) is 15.2. The Labute approximate surface area is 146 Å². The van der Waals surface area contributed by atoms with Crippen LogP contribution in [0, 0.1) is 13.8 Å². The second kappa shape index (κ2) is 7.25. The molecule has 25 heavy (non-hydrogen) atoms. The number of benzene rings is 2. The summed E-state index contributed by atoms with van der Waals surface area (Å²) in [6.45, 7) is 6.08. The highest BCUT2D eigenvalue weighted by atomic mass is 16.2. The SMILES string of the molecule is CCc1ccc(-c2nnn(CC(=O)Nc3cc(C)ccc3C)n2)cc1. The molecule has 1 heterocycles. The molecule has 0 aliphatic heterocycles. The van der Waals surface area contributed by atoms with E-state index >= 15 is 0 Å². The van der Waals surface area contributed by atoms with Crippen LogP contribution in [0.15, 0.2) is 42.5 Å². The van der Waals surface area contributed by atoms with Crippen LogP contribution in [-0.4, -0.2) is 26.1 Å². The number of hydrogen-bond acceptors (Lipinski definition) is 4. The second-order valence-corrected chi connectivity index (χ2v) is 6.06. The smallest absolute Gasteiger partial charge is 0.248 e. The van der Waals surface area contributed by atoms with Gasteiger partial charge in [-0.3, -0.25) is 4.79 Å². The molecule has 3 rings (SSSR count). The van der Waals surface area contributed by atoms with E-state index in [0.29, 0.717) is 5.82 Å². The summed E-state index contributed by atoms with van der Waals surface area (Å²) in [4.78, 5) is 13.5. The molecule has 6 heteroatoms. The van der Waals surface area contributed by atoms with Gasteiger partial charge in [-0.15, -0.1) is 10.2 Å². The fraction of sp³-hybridized carbons (Fsp3) is 0.263. The van der Waals surface area contributed by atoms with Crippen molar-refractivity contribution in [3.8, 4) is 11.4 Å². The Kier molecular flexibility index (Phi) is 4.88. The van der Waals surface area contributed by atoms with Crippen molar-refractivity contribution >= 4 is 11.6 Å². The number of aromatic nitrogens is 4. The number of amides is 1. The highest BCUT2D eigenvalue weighted by Crippen LogP contribution is 2.17. The summed E-state index contributed by atoms with van der Waals surface area (Å²) in [6.07, 6.45) is 0.985. The highest BCUT2D eigenvalue weighted by molar-refractivity contribution is 5.91. The Bertz CT molecular complexity index is 883. The molecule has 1 N–H and O–H groups in total. The van der Waals surface area contributed by atoms with Crippen molar-refractivity contribution in [3.05, 3.63) is 59.2 Å². The predicted octanol–water partition coefficient (Wildman–Crippen LogP) is 3.16. The summed E-state index contributed by atoms with van der Waals surface area (Å²) < 4.78 is 0. The number of nitrogens with zero attached hydrogens (tertiary/aromatic N) is 4. The summed E-state index contributed by atoms with van der Waals surface area (Å²) in [7, 11) is 0. The van der Waals surface area contributed by atoms with E-state index < -0.39 is 0 Å². The van der Waals surface area contributed by atoms with Gasteiger partial charge in [0.15, 0.2) is 0 Å². The van der Waals surface area contributed by atoms with E-state index in [4.69, 9.17) is 0 Å². The molecule has 0 aliphatic rings. The Morgan fingerprint density at radius 1 is 1.12 bits per heavy atom. The zero-order chi connectivity index (χ0) is 17.8. The molecule has 3 aromatic rings. The summed E-state index contributed by atoms with van der Waals surface area (Å²) in [5.74, 6) is 0.334. The monoisotopic (exact) mass is 335 g/mol. The van der Waals surface area contributed by atoms with Crippen LogP contribution < -0.4 is 5.32 Å². The number of hydrogen-bond donors (Lipinski definition) is 1. The van der Waals surface area contributed by atoms with Crippen molar-refractivity contribution in [1.82, 2.24) is 20.2 Å². The number of aryl methyl sites for hydroxylation is 3. The second-order valence-electron chi connectivity index (χ2n) is 6.06. The minimum Gasteiger partial charge on any atom is -0.324 e. The predicted molar refractivity (Wildman–Crippen MR) is 97.2 cm³/mol. The molecule has 0 saturated carbocycles. The van der Waals surface area contributed by atoms with Gasteiger partial charge in [-0.05, 0) is 48.2 Å². The highest BCUT2D eigenvalue weighted by Gasteiger charge is 2.10. The van der Waals surface area contributed by atoms with Gasteiger partial charge in [-0.2, -0.15) is 4.80 Å². The molecule has 1 amide bonds. The van der Waals surface area contributed by atoms with Crippen molar-refractivity contribution in [2.75, 3.05) is 5.32 Å². The van der Waals surface area contributed by atoms with Crippen molar-refractivity contribution in [3.63, 3.8) is 0 Å². The largest absolute Gasteiger partial charge is 0.324 e. The van der Waals surface area contributed by atoms with Crippen LogP contribution in [-0.2, 0) is 17.8 Å². The van der Waals surface area contributed by atoms with E-state index in [-0.39, 0.29) is 12.5 Å². The lowest BCUT2D eigenvalue weighted by Gasteiger charge is -2.08. The zero-order valence-electron chi connectivity index (χ0n) is 14.7. The zero-order valence-corrected chi connectivity index (χ0v) is 14.7. The fourth-order valence-corrected chi connectivity index (χ4v) is 2.50. The van der Waals surface area contributed by atoms with Crippen LogP contribution in [0.3, 0.4) is 0 Å². The third-order valence-electron chi connectivity index (χ3n) is 4.03. The number of rotatable bonds is 5. The van der Waals surface area contributed by atoms with Crippen molar-refractivity contribution < 1.29 is 4.79 Å². The minimum atomic E-state index is -0.181. The van der Waals surface area contributed by atoms with Crippen molar-refractivity contribution in [1.29, 1.82) is 0 Å². The first-order valence-corrected chi connectivity index (χ1v) is 8.29. The maximum absolute atomic E-state index is 12.2. The van der Waals surface area contributed by atoms with E-state index in [1.165, 1.54) is 10.4 Å². The van der Waals surface area contributed by atoms with E-state index in [2.05, 4.69) is 27.7 Å². The molecule has 128 valence electrons. The Balaban J connectivity index is 1.68. The van der Waals surface area contributed by atoms with Crippen molar-refractivity contribution in [2.45, 2.75) is 33.7 Å². The summed E-state index contributed by atoms with van der Waals surface area (Å²) >= 11 is 0. The Hall–Kier alpha value is -3.02. The first kappa shape index (κ1) is 16.8. The molecule has 0 unspecified atom stereocenters. The number of nitrogens with one attached hydrogen (secondary N) is 1. The first-order chi connectivity index (χ1) is 12.0. The molecular weight excluding hydrogens is 314 g/mol. The molecule has 0 saturated heterocycles. The molecular formula is C19H21N5O. The fourth-order valence-electron chi connectivity index (χ4n) is 2.50. The Morgan fingerprint density at radius 3 is 2.60 bits per heavy atom. The normalized spacial score (nSPS) is 10.7. The van der Waals surface area contributed by atoms with Gasteiger partial charge in [0.25, 0.3) is 0 Å². The standard InChI is InChI=1S/C19H21N5O/c1-4-15-7-9-16(10-8-15)19-21-23-24(22-19)12-18(25)20-17-11-13(2)5-6-14(17)3/h5-11H,4,12H2,1-3H3,(H,20,25). The molecule has 0 radical (unpaired) electrons. The maximum Gasteiger partial charge on any atom is 0.248 e. The summed E-state index contributed by atoms with van der Waals surface area (Å²) in [5.41, 5.74) is 5.06. The lowest BCUT2D eigenvalue weighted by Crippen LogP contribution is -2.21.